The van der Waals surface area contributed by atoms with Gasteiger partial charge in [0.25, 0.3) is 0 Å². The summed E-state index contributed by atoms with van der Waals surface area (Å²) < 4.78 is 0. The largest absolute Gasteiger partial charge is 0.481 e. The zero-order valence-electron chi connectivity index (χ0n) is 11.9. The third-order valence-corrected chi connectivity index (χ3v) is 4.88. The van der Waals surface area contributed by atoms with E-state index in [9.17, 15) is 9.59 Å². The van der Waals surface area contributed by atoms with Gasteiger partial charge in [0.2, 0.25) is 0 Å². The van der Waals surface area contributed by atoms with E-state index in [1.807, 2.05) is 23.6 Å². The summed E-state index contributed by atoms with van der Waals surface area (Å²) in [6, 6.07) is 0.233. The number of urea groups is 1. The first-order valence-electron chi connectivity index (χ1n) is 6.82. The van der Waals surface area contributed by atoms with Crippen molar-refractivity contribution >= 4 is 23.8 Å². The van der Waals surface area contributed by atoms with E-state index in [4.69, 9.17) is 5.11 Å². The van der Waals surface area contributed by atoms with Crippen LogP contribution in [0.3, 0.4) is 0 Å². The Bertz CT molecular complexity index is 325. The zero-order chi connectivity index (χ0) is 14.4. The molecule has 0 bridgehead atoms. The molecule has 2 amide bonds. The number of carboxylic acid groups (broad SMARTS) is 1. The van der Waals surface area contributed by atoms with Crippen LogP contribution in [0.25, 0.3) is 0 Å². The normalized spacial score (nSPS) is 24.9. The Hall–Kier alpha value is -0.910. The van der Waals surface area contributed by atoms with E-state index in [1.165, 1.54) is 0 Å². The lowest BCUT2D eigenvalue weighted by Crippen LogP contribution is -2.53. The molecule has 6 heteroatoms. The fraction of sp³-hybridized carbons (Fsp3) is 0.846. The van der Waals surface area contributed by atoms with Gasteiger partial charge in [-0.05, 0) is 26.7 Å². The summed E-state index contributed by atoms with van der Waals surface area (Å²) in [5.41, 5.74) is 0. The molecule has 0 saturated carbocycles. The number of carbonyl (C=O) groups is 2. The Morgan fingerprint density at radius 2 is 2.16 bits per heavy atom. The van der Waals surface area contributed by atoms with Crippen molar-refractivity contribution in [2.75, 3.05) is 12.3 Å². The standard InChI is InChI=1S/C13H24N2O3S/c1-9(5-4-6-12(16)17)14-13(18)15-7-8-19-11(3)10(15)2/h9-11H,4-8H2,1-3H3,(H,14,18)(H,16,17). The van der Waals surface area contributed by atoms with Crippen LogP contribution in [0.2, 0.25) is 0 Å². The average Bonchev–Trinajstić information content (AvgIpc) is 2.31. The molecule has 1 aliphatic heterocycles. The van der Waals surface area contributed by atoms with Crippen molar-refractivity contribution < 1.29 is 14.7 Å². The van der Waals surface area contributed by atoms with Gasteiger partial charge in [0, 0.05) is 36.1 Å². The van der Waals surface area contributed by atoms with Gasteiger partial charge in [-0.2, -0.15) is 11.8 Å². The van der Waals surface area contributed by atoms with Gasteiger partial charge >= 0.3 is 12.0 Å². The second-order valence-electron chi connectivity index (χ2n) is 5.15. The van der Waals surface area contributed by atoms with E-state index in [1.54, 1.807) is 0 Å². The van der Waals surface area contributed by atoms with Crippen LogP contribution in [-0.4, -0.2) is 51.6 Å². The lowest BCUT2D eigenvalue weighted by atomic mass is 10.1. The number of carboxylic acids is 1. The van der Waals surface area contributed by atoms with E-state index in [2.05, 4.69) is 19.2 Å². The van der Waals surface area contributed by atoms with Gasteiger partial charge in [-0.15, -0.1) is 0 Å². The Morgan fingerprint density at radius 3 is 2.79 bits per heavy atom. The van der Waals surface area contributed by atoms with E-state index in [0.717, 1.165) is 12.3 Å². The molecule has 0 aromatic heterocycles. The summed E-state index contributed by atoms with van der Waals surface area (Å²) in [7, 11) is 0. The van der Waals surface area contributed by atoms with Crippen molar-refractivity contribution in [2.24, 2.45) is 0 Å². The van der Waals surface area contributed by atoms with Crippen LogP contribution in [0.4, 0.5) is 4.79 Å². The van der Waals surface area contributed by atoms with Crippen molar-refractivity contribution in [3.8, 4) is 0 Å². The predicted octanol–water partition coefficient (Wildman–Crippen LogP) is 2.17. The molecule has 0 aliphatic carbocycles. The van der Waals surface area contributed by atoms with Gasteiger partial charge in [-0.25, -0.2) is 4.79 Å². The smallest absolute Gasteiger partial charge is 0.317 e. The zero-order valence-corrected chi connectivity index (χ0v) is 12.7. The van der Waals surface area contributed by atoms with E-state index in [0.29, 0.717) is 18.1 Å². The average molecular weight is 288 g/mol. The van der Waals surface area contributed by atoms with Crippen LogP contribution < -0.4 is 5.32 Å². The summed E-state index contributed by atoms with van der Waals surface area (Å²) in [5, 5.41) is 12.0. The van der Waals surface area contributed by atoms with Gasteiger partial charge in [0.15, 0.2) is 0 Å². The molecule has 3 unspecified atom stereocenters. The van der Waals surface area contributed by atoms with E-state index < -0.39 is 5.97 Å². The fourth-order valence-electron chi connectivity index (χ4n) is 2.15. The fourth-order valence-corrected chi connectivity index (χ4v) is 3.24. The quantitative estimate of drug-likeness (QED) is 0.813. The molecule has 19 heavy (non-hydrogen) atoms. The number of thioether (sulfide) groups is 1. The molecule has 1 aliphatic rings. The van der Waals surface area contributed by atoms with Crippen molar-refractivity contribution in [2.45, 2.75) is 57.4 Å². The molecule has 1 rings (SSSR count). The lowest BCUT2D eigenvalue weighted by molar-refractivity contribution is -0.137. The molecule has 1 fully saturated rings. The van der Waals surface area contributed by atoms with E-state index in [-0.39, 0.29) is 24.5 Å². The molecule has 5 nitrogen and oxygen atoms in total. The van der Waals surface area contributed by atoms with Crippen molar-refractivity contribution in [1.82, 2.24) is 10.2 Å². The van der Waals surface area contributed by atoms with Crippen LogP contribution in [0, 0.1) is 0 Å². The lowest BCUT2D eigenvalue weighted by Gasteiger charge is -2.38. The molecule has 0 spiro atoms. The Labute approximate surface area is 119 Å². The molecule has 0 aromatic rings. The highest BCUT2D eigenvalue weighted by Gasteiger charge is 2.29. The van der Waals surface area contributed by atoms with Gasteiger partial charge in [-0.1, -0.05) is 6.92 Å². The van der Waals surface area contributed by atoms with Crippen molar-refractivity contribution in [3.05, 3.63) is 0 Å². The third kappa shape index (κ3) is 5.30. The number of carbonyl (C=O) groups excluding carboxylic acids is 1. The molecular formula is C13H24N2O3S. The van der Waals surface area contributed by atoms with Crippen LogP contribution in [0.15, 0.2) is 0 Å². The number of hydrogen-bond acceptors (Lipinski definition) is 3. The molecule has 0 radical (unpaired) electrons. The molecular weight excluding hydrogens is 264 g/mol. The molecule has 3 atom stereocenters. The summed E-state index contributed by atoms with van der Waals surface area (Å²) >= 11 is 1.90. The molecule has 1 heterocycles. The molecule has 110 valence electrons. The van der Waals surface area contributed by atoms with Crippen LogP contribution in [0.1, 0.15) is 40.0 Å². The highest BCUT2D eigenvalue weighted by atomic mass is 32.2. The minimum atomic E-state index is -0.783. The van der Waals surface area contributed by atoms with Crippen LogP contribution >= 0.6 is 11.8 Å². The van der Waals surface area contributed by atoms with Gasteiger partial charge in [0.05, 0.1) is 0 Å². The van der Waals surface area contributed by atoms with Crippen LogP contribution in [-0.2, 0) is 4.79 Å². The highest BCUT2D eigenvalue weighted by Crippen LogP contribution is 2.24. The molecule has 2 N–H and O–H groups in total. The first-order valence-corrected chi connectivity index (χ1v) is 7.87. The number of nitrogens with one attached hydrogen (secondary N) is 1. The number of amides is 2. The number of aliphatic carboxylic acids is 1. The van der Waals surface area contributed by atoms with Gasteiger partial charge in [0.1, 0.15) is 0 Å². The Balaban J connectivity index is 2.34. The second-order valence-corrected chi connectivity index (χ2v) is 6.63. The first kappa shape index (κ1) is 16.1. The van der Waals surface area contributed by atoms with Crippen molar-refractivity contribution in [3.63, 3.8) is 0 Å². The topological polar surface area (TPSA) is 69.6 Å². The molecule has 1 saturated heterocycles. The van der Waals surface area contributed by atoms with Gasteiger partial charge in [-0.3, -0.25) is 4.79 Å². The predicted molar refractivity (Wildman–Crippen MR) is 77.6 cm³/mol. The van der Waals surface area contributed by atoms with Gasteiger partial charge < -0.3 is 15.3 Å². The van der Waals surface area contributed by atoms with Crippen LogP contribution in [0.5, 0.6) is 0 Å². The summed E-state index contributed by atoms with van der Waals surface area (Å²) in [4.78, 5) is 24.5. The maximum atomic E-state index is 12.2. The minimum absolute atomic E-state index is 0.0175. The monoisotopic (exact) mass is 288 g/mol. The van der Waals surface area contributed by atoms with Crippen molar-refractivity contribution in [1.29, 1.82) is 0 Å². The number of rotatable bonds is 5. The second kappa shape index (κ2) is 7.62. The summed E-state index contributed by atoms with van der Waals surface area (Å²) in [5.74, 6) is 0.195. The third-order valence-electron chi connectivity index (χ3n) is 3.54. The summed E-state index contributed by atoms with van der Waals surface area (Å²) in [6.07, 6.45) is 1.46. The maximum absolute atomic E-state index is 12.2. The number of nitrogens with zero attached hydrogens (tertiary/aromatic N) is 1. The first-order chi connectivity index (χ1) is 8.91. The molecule has 0 aromatic carbocycles. The Kier molecular flexibility index (Phi) is 6.48. The SMILES string of the molecule is CC(CCCC(=O)O)NC(=O)N1CCSC(C)C1C. The highest BCUT2D eigenvalue weighted by molar-refractivity contribution is 8.00. The minimum Gasteiger partial charge on any atom is -0.481 e. The maximum Gasteiger partial charge on any atom is 0.317 e. The Morgan fingerprint density at radius 1 is 1.47 bits per heavy atom. The van der Waals surface area contributed by atoms with E-state index >= 15 is 0 Å². The summed E-state index contributed by atoms with van der Waals surface area (Å²) in [6.45, 7) is 6.92. The number of hydrogen-bond donors (Lipinski definition) is 2.